The molecule has 0 amide bonds. The number of aromatic nitrogens is 4. The second kappa shape index (κ2) is 7.16. The van der Waals surface area contributed by atoms with Crippen LogP contribution >= 0.6 is 0 Å². The van der Waals surface area contributed by atoms with Crippen molar-refractivity contribution in [1.29, 1.82) is 0 Å². The molecule has 1 aromatic heterocycles. The monoisotopic (exact) mass is 380 g/mol. The molecule has 0 radical (unpaired) electrons. The maximum absolute atomic E-state index is 13.3. The van der Waals surface area contributed by atoms with Gasteiger partial charge in [-0.2, -0.15) is 0 Å². The topological polar surface area (TPSA) is 80.8 Å². The molecular formula is C23H16N4O2. The minimum atomic E-state index is -0.461. The van der Waals surface area contributed by atoms with Crippen LogP contribution in [-0.2, 0) is 0 Å². The molecule has 0 saturated carbocycles. The minimum Gasteiger partial charge on any atom is -0.480 e. The van der Waals surface area contributed by atoms with Crippen LogP contribution in [0.1, 0.15) is 27.6 Å². The van der Waals surface area contributed by atoms with E-state index in [9.17, 15) is 4.79 Å². The van der Waals surface area contributed by atoms with E-state index >= 15 is 0 Å². The van der Waals surface area contributed by atoms with Crippen LogP contribution < -0.4 is 4.74 Å². The molecule has 1 N–H and O–H groups in total. The van der Waals surface area contributed by atoms with Crippen LogP contribution in [0.25, 0.3) is 17.5 Å². The summed E-state index contributed by atoms with van der Waals surface area (Å²) in [5.74, 6) is 1.18. The predicted molar refractivity (Wildman–Crippen MR) is 108 cm³/mol. The number of nitrogens with zero attached hydrogens (tertiary/aromatic N) is 3. The average Bonchev–Trinajstić information content (AvgIpc) is 3.32. The molecule has 29 heavy (non-hydrogen) atoms. The Kier molecular flexibility index (Phi) is 4.22. The van der Waals surface area contributed by atoms with Gasteiger partial charge in [0.05, 0.1) is 5.56 Å². The second-order valence-electron chi connectivity index (χ2n) is 6.71. The minimum absolute atomic E-state index is 0.0239. The van der Waals surface area contributed by atoms with Gasteiger partial charge >= 0.3 is 0 Å². The number of hydrogen-bond acceptors (Lipinski definition) is 5. The Balaban J connectivity index is 1.57. The number of ether oxygens (including phenoxy) is 1. The molecule has 1 aliphatic heterocycles. The first-order valence-electron chi connectivity index (χ1n) is 9.21. The van der Waals surface area contributed by atoms with Gasteiger partial charge in [-0.05, 0) is 39.8 Å². The number of H-pyrrole nitrogens is 1. The molecule has 4 aromatic rings. The van der Waals surface area contributed by atoms with E-state index in [4.69, 9.17) is 4.74 Å². The van der Waals surface area contributed by atoms with Gasteiger partial charge in [-0.25, -0.2) is 5.10 Å². The van der Waals surface area contributed by atoms with Crippen molar-refractivity contribution in [2.75, 3.05) is 0 Å². The number of Topliss-reactive ketones (excluding diaryl/α,β-unsaturated/α-hetero) is 1. The number of carbonyl (C=O) groups is 1. The number of para-hydroxylation sites is 1. The van der Waals surface area contributed by atoms with E-state index in [2.05, 4.69) is 20.6 Å². The highest BCUT2D eigenvalue weighted by molar-refractivity contribution is 6.14. The first-order chi connectivity index (χ1) is 14.3. The lowest BCUT2D eigenvalue weighted by molar-refractivity contribution is 0.0963. The van der Waals surface area contributed by atoms with Crippen molar-refractivity contribution in [1.82, 2.24) is 20.6 Å². The molecule has 2 heterocycles. The molecule has 0 aliphatic carbocycles. The van der Waals surface area contributed by atoms with E-state index in [1.54, 1.807) is 6.07 Å². The van der Waals surface area contributed by atoms with Crippen LogP contribution in [-0.4, -0.2) is 26.4 Å². The van der Waals surface area contributed by atoms with Crippen LogP contribution in [0.4, 0.5) is 0 Å². The van der Waals surface area contributed by atoms with Gasteiger partial charge in [0.25, 0.3) is 0 Å². The molecule has 0 fully saturated rings. The number of rotatable bonds is 3. The van der Waals surface area contributed by atoms with Gasteiger partial charge in [0, 0.05) is 11.1 Å². The summed E-state index contributed by atoms with van der Waals surface area (Å²) in [6.07, 6.45) is 1.43. The predicted octanol–water partition coefficient (Wildman–Crippen LogP) is 4.27. The largest absolute Gasteiger partial charge is 0.480 e. The Morgan fingerprint density at radius 1 is 0.897 bits per heavy atom. The van der Waals surface area contributed by atoms with E-state index in [1.807, 2.05) is 78.9 Å². The molecular weight excluding hydrogens is 364 g/mol. The lowest BCUT2D eigenvalue weighted by atomic mass is 9.89. The molecule has 0 saturated heterocycles. The summed E-state index contributed by atoms with van der Waals surface area (Å²) in [6, 6.07) is 24.8. The molecule has 6 heteroatoms. The quantitative estimate of drug-likeness (QED) is 0.537. The van der Waals surface area contributed by atoms with Gasteiger partial charge in [-0.1, -0.05) is 66.7 Å². The first kappa shape index (κ1) is 17.1. The lowest BCUT2D eigenvalue weighted by Gasteiger charge is -2.28. The second-order valence-corrected chi connectivity index (χ2v) is 6.71. The number of hydrogen-bond donors (Lipinski definition) is 1. The number of tetrazole rings is 1. The van der Waals surface area contributed by atoms with Gasteiger partial charge in [-0.3, -0.25) is 4.79 Å². The van der Waals surface area contributed by atoms with E-state index in [1.165, 1.54) is 0 Å². The molecule has 6 nitrogen and oxygen atoms in total. The van der Waals surface area contributed by atoms with E-state index in [0.29, 0.717) is 22.7 Å². The normalized spacial score (nSPS) is 17.0. The first-order valence-corrected chi connectivity index (χ1v) is 9.21. The Hall–Kier alpha value is -4.06. The maximum atomic E-state index is 13.3. The Labute approximate surface area is 166 Å². The summed E-state index contributed by atoms with van der Waals surface area (Å²) in [5, 5.41) is 13.8. The summed E-state index contributed by atoms with van der Waals surface area (Å²) < 4.78 is 6.24. The van der Waals surface area contributed by atoms with Crippen molar-refractivity contribution in [2.24, 2.45) is 0 Å². The third-order valence-corrected chi connectivity index (χ3v) is 4.88. The van der Waals surface area contributed by atoms with Crippen molar-refractivity contribution < 1.29 is 9.53 Å². The average molecular weight is 380 g/mol. The van der Waals surface area contributed by atoms with Gasteiger partial charge in [0.1, 0.15) is 5.75 Å². The van der Waals surface area contributed by atoms with Gasteiger partial charge in [0.15, 0.2) is 17.7 Å². The zero-order valence-corrected chi connectivity index (χ0v) is 15.3. The summed E-state index contributed by atoms with van der Waals surface area (Å²) in [6.45, 7) is 0. The van der Waals surface area contributed by atoms with Crippen LogP contribution in [0.15, 0.2) is 84.4 Å². The molecule has 1 unspecified atom stereocenters. The molecule has 0 bridgehead atoms. The van der Waals surface area contributed by atoms with Crippen LogP contribution in [0.2, 0.25) is 0 Å². The summed E-state index contributed by atoms with van der Waals surface area (Å²) >= 11 is 0. The van der Waals surface area contributed by atoms with Crippen molar-refractivity contribution in [2.45, 2.75) is 6.10 Å². The molecule has 3 aromatic carbocycles. The highest BCUT2D eigenvalue weighted by Gasteiger charge is 2.32. The molecule has 1 atom stereocenters. The number of carbonyl (C=O) groups excluding carboxylic acids is 1. The molecule has 0 spiro atoms. The van der Waals surface area contributed by atoms with Crippen LogP contribution in [0.3, 0.4) is 0 Å². The van der Waals surface area contributed by atoms with Crippen LogP contribution in [0, 0.1) is 0 Å². The van der Waals surface area contributed by atoms with Crippen LogP contribution in [0.5, 0.6) is 5.75 Å². The summed E-state index contributed by atoms with van der Waals surface area (Å²) in [7, 11) is 0. The highest BCUT2D eigenvalue weighted by atomic mass is 16.5. The maximum Gasteiger partial charge on any atom is 0.196 e. The number of benzene rings is 3. The Bertz CT molecular complexity index is 1180. The Morgan fingerprint density at radius 3 is 2.41 bits per heavy atom. The standard InChI is InChI=1S/C23H16N4O2/c28-21-18-8-4-5-9-20(18)29-22(16-6-2-1-3-7-16)19(21)14-15-10-12-17(13-11-15)23-24-26-27-25-23/h1-14,22H,(H,24,25,26,27)/b19-14-. The van der Waals surface area contributed by atoms with E-state index in [-0.39, 0.29) is 5.78 Å². The smallest absolute Gasteiger partial charge is 0.196 e. The lowest BCUT2D eigenvalue weighted by Crippen LogP contribution is -2.23. The number of aromatic amines is 1. The summed E-state index contributed by atoms with van der Waals surface area (Å²) in [5.41, 5.74) is 3.88. The number of nitrogens with one attached hydrogen (secondary N) is 1. The fourth-order valence-electron chi connectivity index (χ4n) is 3.44. The van der Waals surface area contributed by atoms with Gasteiger partial charge in [0.2, 0.25) is 0 Å². The third-order valence-electron chi connectivity index (χ3n) is 4.88. The van der Waals surface area contributed by atoms with Crippen molar-refractivity contribution in [3.8, 4) is 17.1 Å². The van der Waals surface area contributed by atoms with E-state index in [0.717, 1.165) is 16.7 Å². The van der Waals surface area contributed by atoms with E-state index < -0.39 is 6.10 Å². The molecule has 1 aliphatic rings. The molecule has 140 valence electrons. The fraction of sp³-hybridized carbons (Fsp3) is 0.0435. The number of ketones is 1. The number of fused-ring (bicyclic) bond motifs is 1. The summed E-state index contributed by atoms with van der Waals surface area (Å²) in [4.78, 5) is 13.3. The van der Waals surface area contributed by atoms with Crippen molar-refractivity contribution in [3.05, 3.63) is 101 Å². The Morgan fingerprint density at radius 2 is 1.66 bits per heavy atom. The van der Waals surface area contributed by atoms with Gasteiger partial charge < -0.3 is 4.74 Å². The van der Waals surface area contributed by atoms with Gasteiger partial charge in [-0.15, -0.1) is 5.10 Å². The van der Waals surface area contributed by atoms with Crippen molar-refractivity contribution >= 4 is 11.9 Å². The third kappa shape index (κ3) is 3.21. The zero-order chi connectivity index (χ0) is 19.6. The van der Waals surface area contributed by atoms with Crippen molar-refractivity contribution in [3.63, 3.8) is 0 Å². The fourth-order valence-corrected chi connectivity index (χ4v) is 3.44. The SMILES string of the molecule is O=C1/C(=C/c2ccc(-c3nnn[nH]3)cc2)C(c2ccccc2)Oc2ccccc21. The zero-order valence-electron chi connectivity index (χ0n) is 15.3. The molecule has 5 rings (SSSR count). The highest BCUT2D eigenvalue weighted by Crippen LogP contribution is 2.39.